The van der Waals surface area contributed by atoms with Crippen molar-refractivity contribution in [1.29, 1.82) is 0 Å². The largest absolute Gasteiger partial charge is 0.134 e. The number of fused-ring (bicyclic) bond motifs is 1. The lowest BCUT2D eigenvalue weighted by atomic mass is 9.88. The molecule has 0 amide bonds. The SMILES string of the molecule is C1=CC=CC2(C=C1)SCSC21C=CC=CC=C1. The number of thioether (sulfide) groups is 2. The van der Waals surface area contributed by atoms with Gasteiger partial charge in [-0.15, -0.1) is 23.5 Å². The average Bonchev–Trinajstić information content (AvgIpc) is 2.56. The topological polar surface area (TPSA) is 0 Å². The van der Waals surface area contributed by atoms with E-state index in [9.17, 15) is 0 Å². The first-order valence-electron chi connectivity index (χ1n) is 5.72. The molecule has 3 aliphatic rings. The zero-order valence-electron chi connectivity index (χ0n) is 9.45. The third-order valence-electron chi connectivity index (χ3n) is 3.25. The summed E-state index contributed by atoms with van der Waals surface area (Å²) in [6.07, 6.45) is 26.4. The van der Waals surface area contributed by atoms with Crippen LogP contribution >= 0.6 is 23.5 Å². The first-order chi connectivity index (χ1) is 8.37. The van der Waals surface area contributed by atoms with Gasteiger partial charge in [-0.2, -0.15) is 0 Å². The maximum Gasteiger partial charge on any atom is 0.0750 e. The van der Waals surface area contributed by atoms with Crippen LogP contribution in [-0.4, -0.2) is 14.6 Å². The molecule has 0 aromatic heterocycles. The highest BCUT2D eigenvalue weighted by molar-refractivity contribution is 8.21. The van der Waals surface area contributed by atoms with Crippen LogP contribution in [0.5, 0.6) is 0 Å². The Kier molecular flexibility index (Phi) is 2.93. The molecule has 1 aliphatic heterocycles. The van der Waals surface area contributed by atoms with Crippen molar-refractivity contribution in [2.24, 2.45) is 0 Å². The van der Waals surface area contributed by atoms with Crippen LogP contribution in [-0.2, 0) is 0 Å². The third kappa shape index (κ3) is 1.80. The molecule has 0 aromatic carbocycles. The van der Waals surface area contributed by atoms with Crippen molar-refractivity contribution in [1.82, 2.24) is 0 Å². The maximum atomic E-state index is 2.33. The van der Waals surface area contributed by atoms with Crippen LogP contribution < -0.4 is 0 Å². The van der Waals surface area contributed by atoms with Gasteiger partial charge < -0.3 is 0 Å². The zero-order chi connectivity index (χ0) is 11.6. The van der Waals surface area contributed by atoms with Crippen molar-refractivity contribution in [2.45, 2.75) is 9.49 Å². The van der Waals surface area contributed by atoms with Gasteiger partial charge in [-0.05, 0) is 0 Å². The lowest BCUT2D eigenvalue weighted by molar-refractivity contribution is 0.791. The van der Waals surface area contributed by atoms with Crippen LogP contribution in [0, 0.1) is 0 Å². The van der Waals surface area contributed by atoms with Gasteiger partial charge in [-0.3, -0.25) is 0 Å². The Bertz CT molecular complexity index is 399. The molecule has 0 bridgehead atoms. The van der Waals surface area contributed by atoms with Crippen LogP contribution in [0.15, 0.2) is 72.9 Å². The summed E-state index contributed by atoms with van der Waals surface area (Å²) < 4.78 is 0.111. The Morgan fingerprint density at radius 3 is 1.24 bits per heavy atom. The van der Waals surface area contributed by atoms with Crippen molar-refractivity contribution in [3.8, 4) is 0 Å². The van der Waals surface area contributed by atoms with Gasteiger partial charge in [-0.25, -0.2) is 0 Å². The van der Waals surface area contributed by atoms with Crippen molar-refractivity contribution in [3.63, 3.8) is 0 Å². The summed E-state index contributed by atoms with van der Waals surface area (Å²) in [6.45, 7) is 0. The van der Waals surface area contributed by atoms with E-state index in [4.69, 9.17) is 0 Å². The number of allylic oxidation sites excluding steroid dienone is 8. The fourth-order valence-corrected chi connectivity index (χ4v) is 5.90. The van der Waals surface area contributed by atoms with Crippen LogP contribution in [0.4, 0.5) is 0 Å². The van der Waals surface area contributed by atoms with Gasteiger partial charge in [0.15, 0.2) is 0 Å². The minimum Gasteiger partial charge on any atom is -0.134 e. The summed E-state index contributed by atoms with van der Waals surface area (Å²) in [6, 6.07) is 0. The highest BCUT2D eigenvalue weighted by Gasteiger charge is 2.50. The number of rotatable bonds is 0. The predicted molar refractivity (Wildman–Crippen MR) is 80.4 cm³/mol. The number of hydrogen-bond donors (Lipinski definition) is 0. The molecular weight excluding hydrogens is 244 g/mol. The first kappa shape index (κ1) is 11.2. The molecule has 2 aliphatic carbocycles. The normalized spacial score (nSPS) is 26.8. The highest BCUT2D eigenvalue weighted by Crippen LogP contribution is 2.57. The van der Waals surface area contributed by atoms with Gasteiger partial charge in [0.25, 0.3) is 0 Å². The van der Waals surface area contributed by atoms with Gasteiger partial charge in [0.1, 0.15) is 0 Å². The molecule has 1 fully saturated rings. The van der Waals surface area contributed by atoms with E-state index in [1.54, 1.807) is 0 Å². The van der Waals surface area contributed by atoms with E-state index < -0.39 is 0 Å². The van der Waals surface area contributed by atoms with Crippen LogP contribution in [0.1, 0.15) is 0 Å². The second-order valence-electron chi connectivity index (χ2n) is 4.20. The van der Waals surface area contributed by atoms with Crippen molar-refractivity contribution < 1.29 is 0 Å². The van der Waals surface area contributed by atoms with Crippen molar-refractivity contribution >= 4 is 23.5 Å². The first-order valence-corrected chi connectivity index (χ1v) is 7.69. The summed E-state index contributed by atoms with van der Waals surface area (Å²) in [5, 5.41) is 1.13. The fraction of sp³-hybridized carbons (Fsp3) is 0.200. The van der Waals surface area contributed by atoms with E-state index in [0.29, 0.717) is 0 Å². The Morgan fingerprint density at radius 1 is 0.529 bits per heavy atom. The van der Waals surface area contributed by atoms with Crippen molar-refractivity contribution in [3.05, 3.63) is 72.9 Å². The fourth-order valence-electron chi connectivity index (χ4n) is 2.33. The molecule has 2 heteroatoms. The summed E-state index contributed by atoms with van der Waals surface area (Å²) in [7, 11) is 0. The van der Waals surface area contributed by atoms with E-state index in [1.165, 1.54) is 0 Å². The minimum absolute atomic E-state index is 0.0557. The quantitative estimate of drug-likeness (QED) is 0.636. The maximum absolute atomic E-state index is 2.33. The average molecular weight is 258 g/mol. The minimum atomic E-state index is 0.0557. The van der Waals surface area contributed by atoms with Crippen molar-refractivity contribution in [2.75, 3.05) is 5.08 Å². The molecule has 0 unspecified atom stereocenters. The van der Waals surface area contributed by atoms with E-state index >= 15 is 0 Å². The van der Waals surface area contributed by atoms with Crippen LogP contribution in [0.3, 0.4) is 0 Å². The van der Waals surface area contributed by atoms with Gasteiger partial charge >= 0.3 is 0 Å². The van der Waals surface area contributed by atoms with Gasteiger partial charge in [-0.1, -0.05) is 72.9 Å². The molecule has 3 rings (SSSR count). The molecule has 0 aromatic rings. The van der Waals surface area contributed by atoms with E-state index in [2.05, 4.69) is 72.9 Å². The summed E-state index contributed by atoms with van der Waals surface area (Å²) in [5.74, 6) is 0. The van der Waals surface area contributed by atoms with E-state index in [-0.39, 0.29) is 9.49 Å². The highest BCUT2D eigenvalue weighted by atomic mass is 32.2. The molecule has 0 nitrogen and oxygen atoms in total. The van der Waals surface area contributed by atoms with E-state index in [0.717, 1.165) is 5.08 Å². The molecule has 0 radical (unpaired) electrons. The van der Waals surface area contributed by atoms with E-state index in [1.807, 2.05) is 23.5 Å². The second kappa shape index (κ2) is 4.43. The molecule has 1 heterocycles. The molecule has 86 valence electrons. The Hall–Kier alpha value is -0.860. The van der Waals surface area contributed by atoms with Gasteiger partial charge in [0.2, 0.25) is 0 Å². The predicted octanol–water partition coefficient (Wildman–Crippen LogP) is 4.27. The molecule has 1 saturated heterocycles. The smallest absolute Gasteiger partial charge is 0.0750 e. The summed E-state index contributed by atoms with van der Waals surface area (Å²) in [5.41, 5.74) is 0. The summed E-state index contributed by atoms with van der Waals surface area (Å²) in [4.78, 5) is 0. The Morgan fingerprint density at radius 2 is 0.882 bits per heavy atom. The Balaban J connectivity index is 2.10. The molecule has 0 N–H and O–H groups in total. The van der Waals surface area contributed by atoms with Gasteiger partial charge in [0, 0.05) is 5.08 Å². The third-order valence-corrected chi connectivity index (χ3v) is 6.50. The zero-order valence-corrected chi connectivity index (χ0v) is 11.1. The number of hydrogen-bond acceptors (Lipinski definition) is 2. The summed E-state index contributed by atoms with van der Waals surface area (Å²) >= 11 is 4.03. The molecule has 0 saturated carbocycles. The molecular formula is C15H14S2. The standard InChI is InChI=1S/C15H14S2/c1-2-6-10-14(9-5-1)15(17-13-16-14)11-7-3-4-8-12-15/h1-12H,13H2. The van der Waals surface area contributed by atoms with Crippen LogP contribution in [0.2, 0.25) is 0 Å². The second-order valence-corrected chi connectivity index (χ2v) is 7.07. The molecule has 17 heavy (non-hydrogen) atoms. The van der Waals surface area contributed by atoms with Crippen LogP contribution in [0.25, 0.3) is 0 Å². The Labute approximate surface area is 111 Å². The monoisotopic (exact) mass is 258 g/mol. The molecule has 2 spiro atoms. The molecule has 0 atom stereocenters. The lowest BCUT2D eigenvalue weighted by Crippen LogP contribution is -2.39. The van der Waals surface area contributed by atoms with Gasteiger partial charge in [0.05, 0.1) is 9.49 Å². The lowest BCUT2D eigenvalue weighted by Gasteiger charge is -2.35.